The first-order valence-electron chi connectivity index (χ1n) is 5.18. The van der Waals surface area contributed by atoms with E-state index in [2.05, 4.69) is 9.97 Å². The summed E-state index contributed by atoms with van der Waals surface area (Å²) in [5.41, 5.74) is 5.52. The minimum absolute atomic E-state index is 0.166. The van der Waals surface area contributed by atoms with E-state index in [9.17, 15) is 14.5 Å². The third-order valence-electron chi connectivity index (χ3n) is 2.29. The molecule has 1 aromatic carbocycles. The molecule has 0 bridgehead atoms. The molecule has 8 heteroatoms. The molecule has 7 nitrogen and oxygen atoms in total. The van der Waals surface area contributed by atoms with E-state index in [-0.39, 0.29) is 11.6 Å². The lowest BCUT2D eigenvalue weighted by Crippen LogP contribution is -2.03. The predicted octanol–water partition coefficient (Wildman–Crippen LogP) is 2.21. The van der Waals surface area contributed by atoms with Crippen LogP contribution in [0.25, 0.3) is 0 Å². The van der Waals surface area contributed by atoms with Gasteiger partial charge in [0.15, 0.2) is 11.6 Å². The monoisotopic (exact) mass is 264 g/mol. The van der Waals surface area contributed by atoms with E-state index in [1.165, 1.54) is 12.1 Å². The van der Waals surface area contributed by atoms with E-state index in [1.807, 2.05) is 0 Å². The maximum atomic E-state index is 13.5. The van der Waals surface area contributed by atoms with Gasteiger partial charge in [-0.15, -0.1) is 0 Å². The van der Waals surface area contributed by atoms with Gasteiger partial charge < -0.3 is 10.5 Å². The number of nitro groups is 1. The average Bonchev–Trinajstić information content (AvgIpc) is 2.33. The molecule has 0 fully saturated rings. The maximum Gasteiger partial charge on any atom is 0.372 e. The third-order valence-corrected chi connectivity index (χ3v) is 2.29. The molecule has 2 aromatic rings. The van der Waals surface area contributed by atoms with E-state index in [0.717, 1.165) is 11.9 Å². The number of ether oxygens (including phenoxy) is 1. The van der Waals surface area contributed by atoms with Gasteiger partial charge in [0.1, 0.15) is 6.33 Å². The van der Waals surface area contributed by atoms with Crippen molar-refractivity contribution in [2.75, 3.05) is 5.73 Å². The Hall–Kier alpha value is -2.77. The number of benzene rings is 1. The summed E-state index contributed by atoms with van der Waals surface area (Å²) < 4.78 is 18.6. The van der Waals surface area contributed by atoms with Crippen LogP contribution in [-0.4, -0.2) is 14.9 Å². The van der Waals surface area contributed by atoms with Gasteiger partial charge in [0.05, 0.1) is 4.92 Å². The molecule has 0 amide bonds. The molecule has 19 heavy (non-hydrogen) atoms. The second-order valence-electron chi connectivity index (χ2n) is 3.71. The standard InChI is InChI=1S/C11H9FN4O3/c1-6-2-3-7(12)8(4-6)19-11-9(16(17)18)10(13)14-5-15-11/h2-5H,1H3,(H2,13,14,15). The van der Waals surface area contributed by atoms with Crippen LogP contribution in [0.2, 0.25) is 0 Å². The average molecular weight is 264 g/mol. The molecule has 0 aliphatic rings. The van der Waals surface area contributed by atoms with Crippen molar-refractivity contribution in [2.45, 2.75) is 6.92 Å². The lowest BCUT2D eigenvalue weighted by atomic mass is 10.2. The second-order valence-corrected chi connectivity index (χ2v) is 3.71. The lowest BCUT2D eigenvalue weighted by molar-refractivity contribution is -0.385. The van der Waals surface area contributed by atoms with E-state index >= 15 is 0 Å². The summed E-state index contributed by atoms with van der Waals surface area (Å²) in [6.07, 6.45) is 1.01. The first-order chi connectivity index (χ1) is 8.99. The predicted molar refractivity (Wildman–Crippen MR) is 64.3 cm³/mol. The van der Waals surface area contributed by atoms with Gasteiger partial charge in [-0.3, -0.25) is 10.1 Å². The molecule has 1 aromatic heterocycles. The van der Waals surface area contributed by atoms with Crippen LogP contribution in [-0.2, 0) is 0 Å². The minimum atomic E-state index is -0.779. The Balaban J connectivity index is 2.46. The smallest absolute Gasteiger partial charge is 0.372 e. The van der Waals surface area contributed by atoms with Crippen LogP contribution in [0.1, 0.15) is 5.56 Å². The SMILES string of the molecule is Cc1ccc(F)c(Oc2ncnc(N)c2[N+](=O)[O-])c1. The molecule has 0 spiro atoms. The van der Waals surface area contributed by atoms with Crippen molar-refractivity contribution in [3.05, 3.63) is 46.0 Å². The van der Waals surface area contributed by atoms with Crippen molar-refractivity contribution < 1.29 is 14.1 Å². The van der Waals surface area contributed by atoms with Gasteiger partial charge in [0.2, 0.25) is 5.82 Å². The highest BCUT2D eigenvalue weighted by molar-refractivity contribution is 5.58. The van der Waals surface area contributed by atoms with Crippen molar-refractivity contribution in [2.24, 2.45) is 0 Å². The highest BCUT2D eigenvalue weighted by Crippen LogP contribution is 2.33. The Morgan fingerprint density at radius 3 is 2.84 bits per heavy atom. The van der Waals surface area contributed by atoms with Crippen molar-refractivity contribution in [1.29, 1.82) is 0 Å². The minimum Gasteiger partial charge on any atom is -0.430 e. The molecular weight excluding hydrogens is 255 g/mol. The number of nitrogen functional groups attached to an aromatic ring is 1. The van der Waals surface area contributed by atoms with E-state index in [4.69, 9.17) is 10.5 Å². The van der Waals surface area contributed by atoms with Gasteiger partial charge >= 0.3 is 11.6 Å². The van der Waals surface area contributed by atoms with Gasteiger partial charge in [-0.2, -0.15) is 4.98 Å². The molecule has 98 valence electrons. The van der Waals surface area contributed by atoms with Crippen molar-refractivity contribution in [3.63, 3.8) is 0 Å². The number of rotatable bonds is 3. The van der Waals surface area contributed by atoms with Crippen LogP contribution in [0.15, 0.2) is 24.5 Å². The first kappa shape index (κ1) is 12.7. The van der Waals surface area contributed by atoms with Gasteiger partial charge in [0.25, 0.3) is 0 Å². The first-order valence-corrected chi connectivity index (χ1v) is 5.18. The highest BCUT2D eigenvalue weighted by atomic mass is 19.1. The summed E-state index contributed by atoms with van der Waals surface area (Å²) >= 11 is 0. The van der Waals surface area contributed by atoms with Gasteiger partial charge in [-0.05, 0) is 24.6 Å². The number of aromatic nitrogens is 2. The van der Waals surface area contributed by atoms with Crippen LogP contribution in [0.3, 0.4) is 0 Å². The molecule has 0 saturated carbocycles. The Morgan fingerprint density at radius 1 is 1.42 bits per heavy atom. The maximum absolute atomic E-state index is 13.5. The number of aryl methyl sites for hydroxylation is 1. The Bertz CT molecular complexity index is 648. The molecule has 1 heterocycles. The van der Waals surface area contributed by atoms with Gasteiger partial charge in [-0.25, -0.2) is 9.37 Å². The fourth-order valence-electron chi connectivity index (χ4n) is 1.41. The van der Waals surface area contributed by atoms with Crippen LogP contribution in [0.4, 0.5) is 15.9 Å². The molecule has 0 unspecified atom stereocenters. The lowest BCUT2D eigenvalue weighted by Gasteiger charge is -2.07. The molecule has 0 saturated heterocycles. The van der Waals surface area contributed by atoms with Gasteiger partial charge in [0, 0.05) is 0 Å². The van der Waals surface area contributed by atoms with Crippen molar-refractivity contribution in [3.8, 4) is 11.6 Å². The van der Waals surface area contributed by atoms with E-state index < -0.39 is 22.3 Å². The van der Waals surface area contributed by atoms with Crippen LogP contribution in [0.5, 0.6) is 11.6 Å². The number of anilines is 1. The second kappa shape index (κ2) is 4.84. The van der Waals surface area contributed by atoms with E-state index in [1.54, 1.807) is 13.0 Å². The number of nitrogens with zero attached hydrogens (tertiary/aromatic N) is 3. The molecule has 2 N–H and O–H groups in total. The van der Waals surface area contributed by atoms with Crippen LogP contribution in [0, 0.1) is 22.9 Å². The number of hydrogen-bond donors (Lipinski definition) is 1. The quantitative estimate of drug-likeness (QED) is 0.673. The number of halogens is 1. The summed E-state index contributed by atoms with van der Waals surface area (Å²) in [6.45, 7) is 1.73. The molecular formula is C11H9FN4O3. The molecule has 0 aliphatic heterocycles. The fraction of sp³-hybridized carbons (Fsp3) is 0.0909. The van der Waals surface area contributed by atoms with Crippen LogP contribution < -0.4 is 10.5 Å². The zero-order valence-electron chi connectivity index (χ0n) is 9.83. The summed E-state index contributed by atoms with van der Waals surface area (Å²) in [4.78, 5) is 17.2. The normalized spacial score (nSPS) is 10.2. The topological polar surface area (TPSA) is 104 Å². The Labute approximate surface area is 107 Å². The Kier molecular flexibility index (Phi) is 3.23. The summed E-state index contributed by atoms with van der Waals surface area (Å²) in [6, 6.07) is 4.14. The number of hydrogen-bond acceptors (Lipinski definition) is 6. The van der Waals surface area contributed by atoms with Crippen LogP contribution >= 0.6 is 0 Å². The third kappa shape index (κ3) is 2.57. The Morgan fingerprint density at radius 2 is 2.16 bits per heavy atom. The summed E-state index contributed by atoms with van der Waals surface area (Å²) in [7, 11) is 0. The van der Waals surface area contributed by atoms with Gasteiger partial charge in [-0.1, -0.05) is 6.07 Å². The summed E-state index contributed by atoms with van der Waals surface area (Å²) in [5, 5.41) is 10.9. The number of nitrogens with two attached hydrogens (primary N) is 1. The molecule has 0 atom stereocenters. The molecule has 0 aliphatic carbocycles. The molecule has 2 rings (SSSR count). The van der Waals surface area contributed by atoms with E-state index in [0.29, 0.717) is 0 Å². The fourth-order valence-corrected chi connectivity index (χ4v) is 1.41. The summed E-state index contributed by atoms with van der Waals surface area (Å²) in [5.74, 6) is -1.57. The highest BCUT2D eigenvalue weighted by Gasteiger charge is 2.23. The zero-order chi connectivity index (χ0) is 14.0. The largest absolute Gasteiger partial charge is 0.430 e. The molecule has 0 radical (unpaired) electrons. The van der Waals surface area contributed by atoms with Crippen molar-refractivity contribution in [1.82, 2.24) is 9.97 Å². The zero-order valence-corrected chi connectivity index (χ0v) is 9.83. The van der Waals surface area contributed by atoms with Crippen molar-refractivity contribution >= 4 is 11.5 Å².